The number of ether oxygens (including phenoxy) is 1. The van der Waals surface area contributed by atoms with Gasteiger partial charge in [-0.15, -0.1) is 0 Å². The van der Waals surface area contributed by atoms with Crippen molar-refractivity contribution in [3.63, 3.8) is 0 Å². The molecule has 3 unspecified atom stereocenters. The van der Waals surface area contributed by atoms with Gasteiger partial charge >= 0.3 is 5.97 Å². The number of carboxylic acids is 1. The highest BCUT2D eigenvalue weighted by atomic mass is 32.2. The zero-order valence-corrected chi connectivity index (χ0v) is 24.5. The Hall–Kier alpha value is -3.69. The van der Waals surface area contributed by atoms with Crippen LogP contribution in [0.3, 0.4) is 0 Å². The van der Waals surface area contributed by atoms with Crippen LogP contribution in [-0.4, -0.2) is 66.3 Å². The van der Waals surface area contributed by atoms with Crippen LogP contribution in [0.4, 0.5) is 11.4 Å². The number of aryl methyl sites for hydroxylation is 1. The average Bonchev–Trinajstić information content (AvgIpc) is 3.15. The number of hydrogen-bond acceptors (Lipinski definition) is 6. The van der Waals surface area contributed by atoms with E-state index in [0.29, 0.717) is 13.0 Å². The molecule has 214 valence electrons. The molecular weight excluding hydrogens is 540 g/mol. The van der Waals surface area contributed by atoms with Gasteiger partial charge in [0.1, 0.15) is 11.9 Å². The van der Waals surface area contributed by atoms with E-state index in [2.05, 4.69) is 45.9 Å². The van der Waals surface area contributed by atoms with E-state index in [0.717, 1.165) is 62.3 Å². The summed E-state index contributed by atoms with van der Waals surface area (Å²) in [7, 11) is -0.325. The molecule has 0 fully saturated rings. The van der Waals surface area contributed by atoms with E-state index in [1.54, 1.807) is 0 Å². The van der Waals surface area contributed by atoms with Crippen molar-refractivity contribution in [2.75, 3.05) is 25.5 Å². The molecule has 3 aromatic carbocycles. The SMILES string of the molecule is CC(CCc1ccc2c(c1)C(C)(CC(=O)O)C1=[N+]2CCC2Oc3cc4cc(N(C)C)ccc4cc3C=C12)S(=O)(=O)[O-]. The number of anilines is 1. The minimum Gasteiger partial charge on any atom is -0.748 e. The van der Waals surface area contributed by atoms with Crippen LogP contribution in [0.5, 0.6) is 5.75 Å². The number of fused-ring (bicyclic) bond motifs is 6. The second kappa shape index (κ2) is 9.70. The van der Waals surface area contributed by atoms with E-state index in [4.69, 9.17) is 4.74 Å². The molecule has 6 rings (SSSR count). The van der Waals surface area contributed by atoms with E-state index in [1.165, 1.54) is 6.92 Å². The summed E-state index contributed by atoms with van der Waals surface area (Å²) in [5.41, 5.74) is 5.99. The Morgan fingerprint density at radius 1 is 1.17 bits per heavy atom. The topological polar surface area (TPSA) is 110 Å². The highest BCUT2D eigenvalue weighted by molar-refractivity contribution is 7.86. The zero-order valence-electron chi connectivity index (χ0n) is 23.7. The molecule has 3 aromatic rings. The molecule has 8 nitrogen and oxygen atoms in total. The first-order chi connectivity index (χ1) is 19.3. The van der Waals surface area contributed by atoms with Crippen molar-refractivity contribution in [2.45, 2.75) is 56.3 Å². The Labute approximate surface area is 240 Å². The fraction of sp³-hybridized carbons (Fsp3) is 0.375. The molecule has 9 heteroatoms. The predicted octanol–water partition coefficient (Wildman–Crippen LogP) is 4.85. The maximum atomic E-state index is 12.2. The fourth-order valence-electron chi connectivity index (χ4n) is 6.60. The van der Waals surface area contributed by atoms with Crippen LogP contribution in [0, 0.1) is 0 Å². The summed E-state index contributed by atoms with van der Waals surface area (Å²) in [5, 5.41) is 11.3. The van der Waals surface area contributed by atoms with Gasteiger partial charge in [-0.3, -0.25) is 4.79 Å². The van der Waals surface area contributed by atoms with Crippen molar-refractivity contribution >= 4 is 50.0 Å². The highest BCUT2D eigenvalue weighted by Gasteiger charge is 2.55. The molecule has 3 atom stereocenters. The van der Waals surface area contributed by atoms with Crippen molar-refractivity contribution in [2.24, 2.45) is 0 Å². The van der Waals surface area contributed by atoms with Gasteiger partial charge in [0.15, 0.2) is 12.3 Å². The summed E-state index contributed by atoms with van der Waals surface area (Å²) < 4.78 is 43.1. The Kier molecular flexibility index (Phi) is 6.50. The van der Waals surface area contributed by atoms with Gasteiger partial charge in [-0.05, 0) is 79.4 Å². The lowest BCUT2D eigenvalue weighted by Crippen LogP contribution is -2.45. The Morgan fingerprint density at radius 2 is 1.95 bits per heavy atom. The van der Waals surface area contributed by atoms with Crippen molar-refractivity contribution in [3.05, 3.63) is 70.8 Å². The van der Waals surface area contributed by atoms with E-state index in [-0.39, 0.29) is 18.9 Å². The third kappa shape index (κ3) is 4.71. The molecule has 0 aromatic heterocycles. The molecule has 3 aliphatic heterocycles. The van der Waals surface area contributed by atoms with Crippen molar-refractivity contribution < 1.29 is 32.2 Å². The number of carbonyl (C=O) groups is 1. The van der Waals surface area contributed by atoms with Gasteiger partial charge in [-0.2, -0.15) is 4.58 Å². The van der Waals surface area contributed by atoms with Gasteiger partial charge in [0.05, 0.1) is 27.5 Å². The minimum absolute atomic E-state index is 0.0947. The highest BCUT2D eigenvalue weighted by Crippen LogP contribution is 2.49. The van der Waals surface area contributed by atoms with Gasteiger partial charge in [-0.1, -0.05) is 12.1 Å². The van der Waals surface area contributed by atoms with Gasteiger partial charge in [0, 0.05) is 48.6 Å². The number of nitrogens with zero attached hydrogens (tertiary/aromatic N) is 2. The summed E-state index contributed by atoms with van der Waals surface area (Å²) in [5.74, 6) is -0.0665. The quantitative estimate of drug-likeness (QED) is 0.317. The van der Waals surface area contributed by atoms with E-state index in [1.807, 2.05) is 39.2 Å². The molecule has 0 spiro atoms. The largest absolute Gasteiger partial charge is 0.748 e. The standard InChI is InChI=1S/C32H34N2O6S/c1-19(41(37,38)39)5-6-20-7-10-27-26(13-20)32(2,18-30(35)36)31-25-16-23-14-21-8-9-24(33(3)4)15-22(21)17-29(23)40-28(25)11-12-34(27)31/h7-10,13-17,19,28H,5-6,11-12,18H2,1-4H3,(H-,35,36,37,38,39). The summed E-state index contributed by atoms with van der Waals surface area (Å²) in [4.78, 5) is 14.3. The molecule has 3 heterocycles. The molecule has 0 amide bonds. The first-order valence-electron chi connectivity index (χ1n) is 13.9. The monoisotopic (exact) mass is 574 g/mol. The minimum atomic E-state index is -4.36. The van der Waals surface area contributed by atoms with Gasteiger partial charge in [-0.25, -0.2) is 8.42 Å². The fourth-order valence-corrected chi connectivity index (χ4v) is 7.00. The number of rotatable bonds is 7. The average molecular weight is 575 g/mol. The van der Waals surface area contributed by atoms with Crippen molar-refractivity contribution in [3.8, 4) is 5.75 Å². The van der Waals surface area contributed by atoms with Crippen LogP contribution >= 0.6 is 0 Å². The lowest BCUT2D eigenvalue weighted by Gasteiger charge is -2.33. The van der Waals surface area contributed by atoms with Crippen LogP contribution in [-0.2, 0) is 26.7 Å². The van der Waals surface area contributed by atoms with Crippen LogP contribution in [0.1, 0.15) is 49.8 Å². The van der Waals surface area contributed by atoms with Crippen LogP contribution in [0.2, 0.25) is 0 Å². The predicted molar refractivity (Wildman–Crippen MR) is 159 cm³/mol. The molecule has 1 N–H and O–H groups in total. The maximum Gasteiger partial charge on any atom is 0.304 e. The summed E-state index contributed by atoms with van der Waals surface area (Å²) in [6.45, 7) is 4.10. The number of aliphatic carboxylic acids is 1. The van der Waals surface area contributed by atoms with Crippen molar-refractivity contribution in [1.82, 2.24) is 0 Å². The second-order valence-electron chi connectivity index (χ2n) is 11.9. The first-order valence-corrected chi connectivity index (χ1v) is 15.4. The second-order valence-corrected chi connectivity index (χ2v) is 13.7. The molecule has 0 saturated heterocycles. The molecule has 0 bridgehead atoms. The summed E-state index contributed by atoms with van der Waals surface area (Å²) in [6.07, 6.45) is 3.27. The summed E-state index contributed by atoms with van der Waals surface area (Å²) in [6, 6.07) is 16.5. The third-order valence-electron chi connectivity index (χ3n) is 8.86. The number of carboxylic acid groups (broad SMARTS) is 1. The smallest absolute Gasteiger partial charge is 0.304 e. The van der Waals surface area contributed by atoms with E-state index in [9.17, 15) is 22.9 Å². The van der Waals surface area contributed by atoms with Gasteiger partial charge in [0.25, 0.3) is 0 Å². The Morgan fingerprint density at radius 3 is 2.66 bits per heavy atom. The third-order valence-corrected chi connectivity index (χ3v) is 10.1. The normalized spacial score (nSPS) is 21.8. The lowest BCUT2D eigenvalue weighted by atomic mass is 9.72. The first kappa shape index (κ1) is 27.5. The molecule has 41 heavy (non-hydrogen) atoms. The molecule has 3 aliphatic rings. The van der Waals surface area contributed by atoms with Gasteiger partial charge < -0.3 is 19.3 Å². The number of hydrogen-bond donors (Lipinski definition) is 1. The molecular formula is C32H34N2O6S. The maximum absolute atomic E-state index is 12.2. The lowest BCUT2D eigenvalue weighted by molar-refractivity contribution is -0.444. The summed E-state index contributed by atoms with van der Waals surface area (Å²) >= 11 is 0. The Balaban J connectivity index is 1.42. The molecule has 0 radical (unpaired) electrons. The molecule has 0 saturated carbocycles. The molecule has 0 aliphatic carbocycles. The van der Waals surface area contributed by atoms with Crippen LogP contribution in [0.15, 0.2) is 54.1 Å². The van der Waals surface area contributed by atoms with E-state index < -0.39 is 26.8 Å². The number of benzene rings is 3. The van der Waals surface area contributed by atoms with Crippen LogP contribution < -0.4 is 9.64 Å². The van der Waals surface area contributed by atoms with Gasteiger partial charge in [0.2, 0.25) is 5.69 Å². The van der Waals surface area contributed by atoms with Crippen LogP contribution in [0.25, 0.3) is 16.8 Å². The zero-order chi connectivity index (χ0) is 29.3. The van der Waals surface area contributed by atoms with Crippen molar-refractivity contribution in [1.29, 1.82) is 0 Å². The van der Waals surface area contributed by atoms with E-state index >= 15 is 0 Å². The Bertz CT molecular complexity index is 1770.